The Hall–Kier alpha value is -0.830. The van der Waals surface area contributed by atoms with Gasteiger partial charge >= 0.3 is 0 Å². The maximum absolute atomic E-state index is 9.80. The van der Waals surface area contributed by atoms with Gasteiger partial charge in [-0.2, -0.15) is 11.8 Å². The van der Waals surface area contributed by atoms with Gasteiger partial charge in [0.15, 0.2) is 17.5 Å². The maximum Gasteiger partial charge on any atom is 0.191 e. The second-order valence-electron chi connectivity index (χ2n) is 5.22. The lowest BCUT2D eigenvalue weighted by molar-refractivity contribution is 0.373. The summed E-state index contributed by atoms with van der Waals surface area (Å²) in [6.07, 6.45) is 2.60. The molecule has 1 aliphatic heterocycles. The topological polar surface area (TPSA) is 65.9 Å². The summed E-state index contributed by atoms with van der Waals surface area (Å²) in [7, 11) is 1.54. The number of phenolic OH excluding ortho intramolecular Hbond substituents is 1. The third-order valence-corrected chi connectivity index (χ3v) is 4.93. The monoisotopic (exact) mass is 451 g/mol. The van der Waals surface area contributed by atoms with Crippen molar-refractivity contribution in [1.82, 2.24) is 10.6 Å². The van der Waals surface area contributed by atoms with Crippen LogP contribution in [-0.2, 0) is 6.54 Å². The average Bonchev–Trinajstić information content (AvgIpc) is 3.03. The molecule has 0 radical (unpaired) electrons. The molecular formula is C16H26IN3O2S. The van der Waals surface area contributed by atoms with Gasteiger partial charge in [0.25, 0.3) is 0 Å². The molecule has 1 saturated heterocycles. The third kappa shape index (κ3) is 6.66. The second kappa shape index (κ2) is 10.9. The summed E-state index contributed by atoms with van der Waals surface area (Å²) in [6.45, 7) is 4.35. The van der Waals surface area contributed by atoms with E-state index in [2.05, 4.69) is 22.5 Å². The quantitative estimate of drug-likeness (QED) is 0.353. The number of hydrogen-bond donors (Lipinski definition) is 3. The van der Waals surface area contributed by atoms with Crippen LogP contribution in [-0.4, -0.2) is 42.3 Å². The van der Waals surface area contributed by atoms with Gasteiger partial charge in [0, 0.05) is 18.3 Å². The summed E-state index contributed by atoms with van der Waals surface area (Å²) in [5, 5.41) is 17.1. The van der Waals surface area contributed by atoms with Crippen LogP contribution in [0.25, 0.3) is 0 Å². The highest BCUT2D eigenvalue weighted by Gasteiger charge is 2.15. The van der Waals surface area contributed by atoms with Crippen LogP contribution in [0.4, 0.5) is 0 Å². The van der Waals surface area contributed by atoms with Crippen LogP contribution < -0.4 is 15.4 Å². The number of nitrogens with one attached hydrogen (secondary N) is 2. The first-order valence-electron chi connectivity index (χ1n) is 7.72. The van der Waals surface area contributed by atoms with E-state index in [-0.39, 0.29) is 29.7 Å². The minimum Gasteiger partial charge on any atom is -0.504 e. The van der Waals surface area contributed by atoms with Crippen molar-refractivity contribution in [3.8, 4) is 11.5 Å². The number of methoxy groups -OCH3 is 1. The van der Waals surface area contributed by atoms with E-state index in [0.29, 0.717) is 17.5 Å². The molecule has 23 heavy (non-hydrogen) atoms. The number of thioether (sulfide) groups is 1. The van der Waals surface area contributed by atoms with E-state index in [4.69, 9.17) is 4.74 Å². The first-order chi connectivity index (χ1) is 10.7. The Morgan fingerprint density at radius 1 is 1.43 bits per heavy atom. The summed E-state index contributed by atoms with van der Waals surface area (Å²) in [4.78, 5) is 4.57. The lowest BCUT2D eigenvalue weighted by atomic mass is 10.2. The number of halogens is 1. The minimum absolute atomic E-state index is 0. The number of rotatable bonds is 6. The molecule has 1 aliphatic rings. The number of guanidine groups is 1. The summed E-state index contributed by atoms with van der Waals surface area (Å²) in [6, 6.07) is 5.37. The van der Waals surface area contributed by atoms with Crippen LogP contribution in [0.15, 0.2) is 23.2 Å². The molecule has 1 atom stereocenters. The van der Waals surface area contributed by atoms with E-state index in [0.717, 1.165) is 24.6 Å². The van der Waals surface area contributed by atoms with Crippen LogP contribution >= 0.6 is 35.7 Å². The van der Waals surface area contributed by atoms with E-state index in [1.165, 1.54) is 18.6 Å². The van der Waals surface area contributed by atoms with Crippen molar-refractivity contribution in [2.45, 2.75) is 31.6 Å². The number of phenols is 1. The van der Waals surface area contributed by atoms with Crippen molar-refractivity contribution >= 4 is 41.7 Å². The van der Waals surface area contributed by atoms with Crippen molar-refractivity contribution in [3.63, 3.8) is 0 Å². The highest BCUT2D eigenvalue weighted by Crippen LogP contribution is 2.26. The number of ether oxygens (including phenoxy) is 1. The van der Waals surface area contributed by atoms with Gasteiger partial charge in [0.1, 0.15) is 0 Å². The van der Waals surface area contributed by atoms with Gasteiger partial charge < -0.3 is 20.5 Å². The predicted molar refractivity (Wildman–Crippen MR) is 108 cm³/mol. The number of benzene rings is 1. The van der Waals surface area contributed by atoms with Crippen LogP contribution in [0.2, 0.25) is 0 Å². The Labute approximate surface area is 159 Å². The number of aromatic hydroxyl groups is 1. The molecule has 1 unspecified atom stereocenters. The fraction of sp³-hybridized carbons (Fsp3) is 0.562. The van der Waals surface area contributed by atoms with Crippen LogP contribution in [0.3, 0.4) is 0 Å². The zero-order valence-electron chi connectivity index (χ0n) is 13.7. The first kappa shape index (κ1) is 20.2. The highest BCUT2D eigenvalue weighted by molar-refractivity contribution is 14.0. The lowest BCUT2D eigenvalue weighted by Crippen LogP contribution is -2.40. The zero-order valence-corrected chi connectivity index (χ0v) is 16.8. The minimum atomic E-state index is 0. The van der Waals surface area contributed by atoms with Crippen molar-refractivity contribution in [2.75, 3.05) is 26.0 Å². The molecule has 3 N–H and O–H groups in total. The molecule has 2 rings (SSSR count). The van der Waals surface area contributed by atoms with E-state index in [1.54, 1.807) is 19.2 Å². The van der Waals surface area contributed by atoms with Crippen molar-refractivity contribution < 1.29 is 9.84 Å². The standard InChI is InChI=1S/C16H25N3O2S.HI/c1-3-17-16(19-11-13-5-4-8-22-13)18-10-12-6-7-15(21-2)14(20)9-12;/h6-7,9,13,20H,3-5,8,10-11H2,1-2H3,(H2,17,18,19);1H. The predicted octanol–water partition coefficient (Wildman–Crippen LogP) is 2.97. The van der Waals surface area contributed by atoms with E-state index in [1.807, 2.05) is 17.8 Å². The molecule has 7 heteroatoms. The number of hydrogen-bond acceptors (Lipinski definition) is 4. The maximum atomic E-state index is 9.80. The SMILES string of the molecule is CCNC(=NCc1ccc(OC)c(O)c1)NCC1CCCS1.I. The van der Waals surface area contributed by atoms with Crippen LogP contribution in [0.1, 0.15) is 25.3 Å². The molecule has 1 aromatic rings. The van der Waals surface area contributed by atoms with Gasteiger partial charge in [-0.05, 0) is 43.2 Å². The van der Waals surface area contributed by atoms with Gasteiger partial charge in [0.05, 0.1) is 13.7 Å². The van der Waals surface area contributed by atoms with Gasteiger partial charge in [-0.15, -0.1) is 24.0 Å². The van der Waals surface area contributed by atoms with Crippen molar-refractivity contribution in [3.05, 3.63) is 23.8 Å². The fourth-order valence-corrected chi connectivity index (χ4v) is 3.56. The molecule has 0 spiro atoms. The Kier molecular flexibility index (Phi) is 9.54. The molecule has 0 aromatic heterocycles. The third-order valence-electron chi connectivity index (χ3n) is 3.53. The Balaban J connectivity index is 0.00000264. The zero-order chi connectivity index (χ0) is 15.8. The largest absolute Gasteiger partial charge is 0.504 e. The first-order valence-corrected chi connectivity index (χ1v) is 8.77. The lowest BCUT2D eigenvalue weighted by Gasteiger charge is -2.14. The Morgan fingerprint density at radius 3 is 2.87 bits per heavy atom. The van der Waals surface area contributed by atoms with E-state index in [9.17, 15) is 5.11 Å². The molecule has 1 aromatic carbocycles. The molecule has 130 valence electrons. The fourth-order valence-electron chi connectivity index (χ4n) is 2.36. The average molecular weight is 451 g/mol. The summed E-state index contributed by atoms with van der Waals surface area (Å²) < 4.78 is 5.05. The molecular weight excluding hydrogens is 425 g/mol. The van der Waals surface area contributed by atoms with Crippen molar-refractivity contribution in [1.29, 1.82) is 0 Å². The summed E-state index contributed by atoms with van der Waals surface area (Å²) in [5.74, 6) is 2.72. The molecule has 5 nitrogen and oxygen atoms in total. The van der Waals surface area contributed by atoms with Gasteiger partial charge in [-0.1, -0.05) is 6.07 Å². The van der Waals surface area contributed by atoms with Gasteiger partial charge in [-0.3, -0.25) is 0 Å². The van der Waals surface area contributed by atoms with Crippen LogP contribution in [0, 0.1) is 0 Å². The van der Waals surface area contributed by atoms with Crippen molar-refractivity contribution in [2.24, 2.45) is 4.99 Å². The second-order valence-corrected chi connectivity index (χ2v) is 6.63. The summed E-state index contributed by atoms with van der Waals surface area (Å²) >= 11 is 2.03. The molecule has 0 aliphatic carbocycles. The summed E-state index contributed by atoms with van der Waals surface area (Å²) in [5.41, 5.74) is 0.950. The molecule has 1 heterocycles. The Morgan fingerprint density at radius 2 is 2.26 bits per heavy atom. The molecule has 0 amide bonds. The smallest absolute Gasteiger partial charge is 0.191 e. The number of aliphatic imine (C=N–C) groups is 1. The Bertz CT molecular complexity index is 508. The highest BCUT2D eigenvalue weighted by atomic mass is 127. The molecule has 0 bridgehead atoms. The van der Waals surface area contributed by atoms with E-state index >= 15 is 0 Å². The molecule has 1 fully saturated rings. The van der Waals surface area contributed by atoms with Crippen LogP contribution in [0.5, 0.6) is 11.5 Å². The van der Waals surface area contributed by atoms with Gasteiger partial charge in [0.2, 0.25) is 0 Å². The van der Waals surface area contributed by atoms with E-state index < -0.39 is 0 Å². The molecule has 0 saturated carbocycles. The number of nitrogens with zero attached hydrogens (tertiary/aromatic N) is 1. The van der Waals surface area contributed by atoms with Gasteiger partial charge in [-0.25, -0.2) is 4.99 Å². The normalized spacial score (nSPS) is 17.5.